The van der Waals surface area contributed by atoms with Crippen molar-refractivity contribution < 1.29 is 4.79 Å². The molecule has 1 aliphatic rings. The number of carbonyl (C=O) groups excluding carboxylic acids is 1. The smallest absolute Gasteiger partial charge is 0.237 e. The fourth-order valence-electron chi connectivity index (χ4n) is 1.76. The molecule has 1 aliphatic heterocycles. The third-order valence-electron chi connectivity index (χ3n) is 2.68. The largest absolute Gasteiger partial charge is 0.329 e. The zero-order valence-electron chi connectivity index (χ0n) is 9.30. The Morgan fingerprint density at radius 2 is 2.41 bits per heavy atom. The lowest BCUT2D eigenvalue weighted by atomic mass is 10.2. The fraction of sp³-hybridized carbons (Fsp3) is 0.333. The van der Waals surface area contributed by atoms with Gasteiger partial charge in [0.2, 0.25) is 5.91 Å². The quantitative estimate of drug-likeness (QED) is 0.845. The average molecular weight is 247 g/mol. The van der Waals surface area contributed by atoms with Gasteiger partial charge in [-0.05, 0) is 18.2 Å². The Hall–Kier alpha value is -1.51. The predicted molar refractivity (Wildman–Crippen MR) is 68.8 cm³/mol. The average Bonchev–Trinajstić information content (AvgIpc) is 2.39. The normalized spacial score (nSPS) is 20.1. The van der Waals surface area contributed by atoms with Crippen molar-refractivity contribution in [1.82, 2.24) is 0 Å². The van der Waals surface area contributed by atoms with Gasteiger partial charge in [-0.15, -0.1) is 11.8 Å². The van der Waals surface area contributed by atoms with Gasteiger partial charge in [-0.2, -0.15) is 5.26 Å². The van der Waals surface area contributed by atoms with Gasteiger partial charge in [0, 0.05) is 24.0 Å². The summed E-state index contributed by atoms with van der Waals surface area (Å²) in [6.45, 7) is 1.18. The predicted octanol–water partition coefficient (Wildman–Crippen LogP) is 0.965. The second-order valence-corrected chi connectivity index (χ2v) is 5.12. The topological polar surface area (TPSA) is 70.1 Å². The molecule has 0 radical (unpaired) electrons. The van der Waals surface area contributed by atoms with Crippen molar-refractivity contribution in [2.75, 3.05) is 23.7 Å². The zero-order chi connectivity index (χ0) is 12.3. The van der Waals surface area contributed by atoms with Crippen molar-refractivity contribution in [3.8, 4) is 6.07 Å². The Kier molecular flexibility index (Phi) is 3.67. The molecule has 1 fully saturated rings. The van der Waals surface area contributed by atoms with E-state index >= 15 is 0 Å². The lowest BCUT2D eigenvalue weighted by Gasteiger charge is -2.31. The van der Waals surface area contributed by atoms with E-state index in [0.29, 0.717) is 24.4 Å². The standard InChI is InChI=1S/C12H13N3OS/c13-5-9-2-1-3-10(4-9)15-7-11(6-14)17-8-12(15)16/h1-4,11H,6-8,14H2. The van der Waals surface area contributed by atoms with Crippen LogP contribution < -0.4 is 10.6 Å². The molecule has 1 aromatic rings. The van der Waals surface area contributed by atoms with Crippen LogP contribution in [0.25, 0.3) is 0 Å². The number of hydrogen-bond donors (Lipinski definition) is 1. The van der Waals surface area contributed by atoms with Crippen LogP contribution in [0.2, 0.25) is 0 Å². The molecular weight excluding hydrogens is 234 g/mol. The molecule has 0 spiro atoms. The summed E-state index contributed by atoms with van der Waals surface area (Å²) in [7, 11) is 0. The zero-order valence-corrected chi connectivity index (χ0v) is 10.1. The number of benzene rings is 1. The Morgan fingerprint density at radius 3 is 3.12 bits per heavy atom. The Labute approximate surface area is 104 Å². The molecular formula is C12H13N3OS. The number of anilines is 1. The fourth-order valence-corrected chi connectivity index (χ4v) is 2.69. The summed E-state index contributed by atoms with van der Waals surface area (Å²) in [5.41, 5.74) is 6.99. The molecule has 17 heavy (non-hydrogen) atoms. The van der Waals surface area contributed by atoms with Gasteiger partial charge in [-0.1, -0.05) is 6.07 Å². The first-order valence-electron chi connectivity index (χ1n) is 5.37. The number of carbonyl (C=O) groups is 1. The number of nitrogens with zero attached hydrogens (tertiary/aromatic N) is 2. The highest BCUT2D eigenvalue weighted by molar-refractivity contribution is 8.00. The monoisotopic (exact) mass is 247 g/mol. The highest BCUT2D eigenvalue weighted by atomic mass is 32.2. The van der Waals surface area contributed by atoms with Crippen molar-refractivity contribution in [3.05, 3.63) is 29.8 Å². The van der Waals surface area contributed by atoms with Crippen LogP contribution in [0.1, 0.15) is 5.56 Å². The second-order valence-electron chi connectivity index (χ2n) is 3.84. The first-order chi connectivity index (χ1) is 8.24. The van der Waals surface area contributed by atoms with Crippen LogP contribution in [0.15, 0.2) is 24.3 Å². The van der Waals surface area contributed by atoms with E-state index in [2.05, 4.69) is 6.07 Å². The van der Waals surface area contributed by atoms with Crippen molar-refractivity contribution >= 4 is 23.4 Å². The van der Waals surface area contributed by atoms with Crippen LogP contribution in [0.5, 0.6) is 0 Å². The maximum Gasteiger partial charge on any atom is 0.237 e. The first-order valence-corrected chi connectivity index (χ1v) is 6.41. The minimum Gasteiger partial charge on any atom is -0.329 e. The Morgan fingerprint density at radius 1 is 1.59 bits per heavy atom. The summed E-state index contributed by atoms with van der Waals surface area (Å²) in [5, 5.41) is 9.12. The number of rotatable bonds is 2. The molecule has 1 amide bonds. The third-order valence-corrected chi connectivity index (χ3v) is 3.91. The van der Waals surface area contributed by atoms with E-state index < -0.39 is 0 Å². The minimum atomic E-state index is 0.0785. The molecule has 5 heteroatoms. The summed E-state index contributed by atoms with van der Waals surface area (Å²) < 4.78 is 0. The second kappa shape index (κ2) is 5.21. The first kappa shape index (κ1) is 12.0. The molecule has 2 N–H and O–H groups in total. The van der Waals surface area contributed by atoms with E-state index in [4.69, 9.17) is 11.0 Å². The lowest BCUT2D eigenvalue weighted by molar-refractivity contribution is -0.116. The van der Waals surface area contributed by atoms with Crippen molar-refractivity contribution in [3.63, 3.8) is 0 Å². The molecule has 0 aromatic heterocycles. The van der Waals surface area contributed by atoms with Crippen molar-refractivity contribution in [1.29, 1.82) is 5.26 Å². The van der Waals surface area contributed by atoms with Gasteiger partial charge in [0.25, 0.3) is 0 Å². The molecule has 0 aliphatic carbocycles. The molecule has 88 valence electrons. The number of thioether (sulfide) groups is 1. The summed E-state index contributed by atoms with van der Waals surface area (Å²) in [5.74, 6) is 0.536. The number of hydrogen-bond acceptors (Lipinski definition) is 4. The maximum atomic E-state index is 11.8. The highest BCUT2D eigenvalue weighted by Gasteiger charge is 2.26. The summed E-state index contributed by atoms with van der Waals surface area (Å²) >= 11 is 1.60. The SMILES string of the molecule is N#Cc1cccc(N2CC(CN)SCC2=O)c1. The van der Waals surface area contributed by atoms with Crippen LogP contribution in [0.4, 0.5) is 5.69 Å². The van der Waals surface area contributed by atoms with Crippen molar-refractivity contribution in [2.45, 2.75) is 5.25 Å². The van der Waals surface area contributed by atoms with Gasteiger partial charge in [0.05, 0.1) is 17.4 Å². The number of nitriles is 1. The Balaban J connectivity index is 2.24. The third kappa shape index (κ3) is 2.60. The molecule has 0 bridgehead atoms. The van der Waals surface area contributed by atoms with Gasteiger partial charge in [-0.3, -0.25) is 4.79 Å². The Bertz CT molecular complexity index is 469. The van der Waals surface area contributed by atoms with Gasteiger partial charge in [0.15, 0.2) is 0 Å². The molecule has 1 aromatic carbocycles. The summed E-state index contributed by atoms with van der Waals surface area (Å²) in [6, 6.07) is 9.19. The van der Waals surface area contributed by atoms with Crippen LogP contribution in [0.3, 0.4) is 0 Å². The molecule has 0 saturated carbocycles. The van der Waals surface area contributed by atoms with E-state index in [1.54, 1.807) is 34.9 Å². The van der Waals surface area contributed by atoms with Crippen molar-refractivity contribution in [2.24, 2.45) is 5.73 Å². The van der Waals surface area contributed by atoms with Crippen LogP contribution in [0, 0.1) is 11.3 Å². The molecule has 1 saturated heterocycles. The van der Waals surface area contributed by atoms with Crippen LogP contribution >= 0.6 is 11.8 Å². The van der Waals surface area contributed by atoms with E-state index in [-0.39, 0.29) is 11.2 Å². The van der Waals surface area contributed by atoms with Gasteiger partial charge >= 0.3 is 0 Å². The van der Waals surface area contributed by atoms with E-state index in [1.165, 1.54) is 0 Å². The highest BCUT2D eigenvalue weighted by Crippen LogP contribution is 2.25. The van der Waals surface area contributed by atoms with E-state index in [0.717, 1.165) is 5.69 Å². The lowest BCUT2D eigenvalue weighted by Crippen LogP contribution is -2.45. The van der Waals surface area contributed by atoms with E-state index in [1.807, 2.05) is 6.07 Å². The number of amides is 1. The number of nitrogens with two attached hydrogens (primary N) is 1. The molecule has 1 heterocycles. The molecule has 1 atom stereocenters. The van der Waals surface area contributed by atoms with E-state index in [9.17, 15) is 4.79 Å². The summed E-state index contributed by atoms with van der Waals surface area (Å²) in [6.07, 6.45) is 0. The summed E-state index contributed by atoms with van der Waals surface area (Å²) in [4.78, 5) is 13.6. The van der Waals surface area contributed by atoms with Crippen LogP contribution in [-0.2, 0) is 4.79 Å². The van der Waals surface area contributed by atoms with Gasteiger partial charge in [-0.25, -0.2) is 0 Å². The molecule has 2 rings (SSSR count). The molecule has 1 unspecified atom stereocenters. The van der Waals surface area contributed by atoms with Gasteiger partial charge in [0.1, 0.15) is 0 Å². The maximum absolute atomic E-state index is 11.8. The minimum absolute atomic E-state index is 0.0785. The van der Waals surface area contributed by atoms with Crippen LogP contribution in [-0.4, -0.2) is 30.0 Å². The molecule has 4 nitrogen and oxygen atoms in total. The van der Waals surface area contributed by atoms with Gasteiger partial charge < -0.3 is 10.6 Å².